The van der Waals surface area contributed by atoms with E-state index in [-0.39, 0.29) is 19.2 Å². The van der Waals surface area contributed by atoms with Gasteiger partial charge in [0.1, 0.15) is 5.75 Å². The lowest BCUT2D eigenvalue weighted by Crippen LogP contribution is -2.36. The quantitative estimate of drug-likeness (QED) is 0.510. The Morgan fingerprint density at radius 1 is 0.933 bits per heavy atom. The number of carbonyl (C=O) groups is 1. The molecule has 0 aliphatic carbocycles. The third kappa shape index (κ3) is 5.89. The Labute approximate surface area is 175 Å². The lowest BCUT2D eigenvalue weighted by Gasteiger charge is -2.23. The summed E-state index contributed by atoms with van der Waals surface area (Å²) in [5, 5.41) is 20.6. The molecule has 0 aliphatic rings. The molecule has 7 nitrogen and oxygen atoms in total. The maximum absolute atomic E-state index is 12.7. The summed E-state index contributed by atoms with van der Waals surface area (Å²) in [6.07, 6.45) is 0. The van der Waals surface area contributed by atoms with E-state index in [1.165, 1.54) is 4.90 Å². The van der Waals surface area contributed by atoms with E-state index < -0.39 is 0 Å². The van der Waals surface area contributed by atoms with Gasteiger partial charge in [0.2, 0.25) is 0 Å². The van der Waals surface area contributed by atoms with Gasteiger partial charge < -0.3 is 20.1 Å². The number of aliphatic hydroxyl groups excluding tert-OH is 1. The van der Waals surface area contributed by atoms with Gasteiger partial charge in [-0.3, -0.25) is 0 Å². The van der Waals surface area contributed by atoms with E-state index in [2.05, 4.69) is 15.5 Å². The van der Waals surface area contributed by atoms with Gasteiger partial charge in [0, 0.05) is 17.8 Å². The molecule has 0 fully saturated rings. The van der Waals surface area contributed by atoms with Gasteiger partial charge in [-0.2, -0.15) is 10.2 Å². The summed E-state index contributed by atoms with van der Waals surface area (Å²) in [5.74, 6) is 0.696. The number of anilines is 1. The number of nitrogens with one attached hydrogen (secondary N) is 1. The van der Waals surface area contributed by atoms with Crippen LogP contribution in [0.15, 0.2) is 89.1 Å². The van der Waals surface area contributed by atoms with E-state index in [0.717, 1.165) is 11.3 Å². The number of ether oxygens (including phenoxy) is 1. The van der Waals surface area contributed by atoms with Crippen LogP contribution in [0.1, 0.15) is 5.56 Å². The lowest BCUT2D eigenvalue weighted by molar-refractivity contribution is 0.184. The fourth-order valence-corrected chi connectivity index (χ4v) is 2.84. The standard InChI is InChI=1S/C23H24N4O3/c1-30-22-10-6-5-7-18(22)17-27(15-16-28)23(29)24-19-11-13-21(14-12-19)26-25-20-8-3-2-4-9-20/h2-14,28H,15-17H2,1H3,(H,24,29). The van der Waals surface area contributed by atoms with Gasteiger partial charge in [-0.05, 0) is 42.5 Å². The van der Waals surface area contributed by atoms with Crippen molar-refractivity contribution in [2.45, 2.75) is 6.54 Å². The minimum Gasteiger partial charge on any atom is -0.496 e. The number of carbonyl (C=O) groups excluding carboxylic acids is 1. The third-order valence-corrected chi connectivity index (χ3v) is 4.37. The zero-order valence-corrected chi connectivity index (χ0v) is 16.7. The largest absolute Gasteiger partial charge is 0.496 e. The van der Waals surface area contributed by atoms with Crippen molar-refractivity contribution in [2.75, 3.05) is 25.6 Å². The molecule has 2 amide bonds. The van der Waals surface area contributed by atoms with E-state index in [1.54, 1.807) is 31.4 Å². The van der Waals surface area contributed by atoms with Crippen LogP contribution in [0.2, 0.25) is 0 Å². The number of azo groups is 1. The molecule has 0 atom stereocenters. The first-order chi connectivity index (χ1) is 14.7. The number of aliphatic hydroxyl groups is 1. The maximum atomic E-state index is 12.7. The predicted octanol–water partition coefficient (Wildman–Crippen LogP) is 5.14. The van der Waals surface area contributed by atoms with Crippen LogP contribution in [0.25, 0.3) is 0 Å². The van der Waals surface area contributed by atoms with Gasteiger partial charge in [0.15, 0.2) is 0 Å². The van der Waals surface area contributed by atoms with Gasteiger partial charge in [-0.15, -0.1) is 0 Å². The van der Waals surface area contributed by atoms with Gasteiger partial charge in [-0.1, -0.05) is 36.4 Å². The second-order valence-electron chi connectivity index (χ2n) is 6.47. The Balaban J connectivity index is 1.64. The van der Waals surface area contributed by atoms with Crippen molar-refractivity contribution in [3.63, 3.8) is 0 Å². The van der Waals surface area contributed by atoms with Gasteiger partial charge in [0.05, 0.1) is 31.6 Å². The maximum Gasteiger partial charge on any atom is 0.322 e. The Hall–Kier alpha value is -3.71. The smallest absolute Gasteiger partial charge is 0.322 e. The van der Waals surface area contributed by atoms with Gasteiger partial charge in [0.25, 0.3) is 0 Å². The number of methoxy groups -OCH3 is 1. The zero-order chi connectivity index (χ0) is 21.2. The van der Waals surface area contributed by atoms with E-state index in [9.17, 15) is 9.90 Å². The minimum atomic E-state index is -0.311. The molecule has 0 unspecified atom stereocenters. The number of amides is 2. The Morgan fingerprint density at radius 2 is 1.57 bits per heavy atom. The molecule has 0 radical (unpaired) electrons. The van der Waals surface area contributed by atoms with Crippen molar-refractivity contribution in [1.29, 1.82) is 0 Å². The molecule has 2 N–H and O–H groups in total. The van der Waals surface area contributed by atoms with Crippen molar-refractivity contribution in [2.24, 2.45) is 10.2 Å². The highest BCUT2D eigenvalue weighted by Gasteiger charge is 2.15. The van der Waals surface area contributed by atoms with Crippen molar-refractivity contribution in [3.8, 4) is 5.75 Å². The highest BCUT2D eigenvalue weighted by molar-refractivity contribution is 5.89. The van der Waals surface area contributed by atoms with Crippen LogP contribution in [-0.2, 0) is 6.54 Å². The Bertz CT molecular complexity index is 975. The van der Waals surface area contributed by atoms with E-state index in [0.29, 0.717) is 23.7 Å². The Morgan fingerprint density at radius 3 is 2.23 bits per heavy atom. The summed E-state index contributed by atoms with van der Waals surface area (Å²) in [5.41, 5.74) is 2.94. The summed E-state index contributed by atoms with van der Waals surface area (Å²) in [6, 6.07) is 23.7. The van der Waals surface area contributed by atoms with Crippen LogP contribution in [0, 0.1) is 0 Å². The van der Waals surface area contributed by atoms with Crippen molar-refractivity contribution in [3.05, 3.63) is 84.4 Å². The molecule has 3 rings (SSSR count). The number of nitrogens with zero attached hydrogens (tertiary/aromatic N) is 3. The SMILES string of the molecule is COc1ccccc1CN(CCO)C(=O)Nc1ccc(N=Nc2ccccc2)cc1. The van der Waals surface area contributed by atoms with Crippen LogP contribution in [0.4, 0.5) is 21.9 Å². The monoisotopic (exact) mass is 404 g/mol. The highest BCUT2D eigenvalue weighted by atomic mass is 16.5. The number of rotatable bonds is 8. The first kappa shape index (κ1) is 21.0. The van der Waals surface area contributed by atoms with Crippen molar-refractivity contribution < 1.29 is 14.6 Å². The average Bonchev–Trinajstić information content (AvgIpc) is 2.79. The van der Waals surface area contributed by atoms with Crippen molar-refractivity contribution >= 4 is 23.1 Å². The van der Waals surface area contributed by atoms with E-state index >= 15 is 0 Å². The average molecular weight is 404 g/mol. The van der Waals surface area contributed by atoms with Gasteiger partial charge >= 0.3 is 6.03 Å². The van der Waals surface area contributed by atoms with Crippen LogP contribution < -0.4 is 10.1 Å². The summed E-state index contributed by atoms with van der Waals surface area (Å²) in [7, 11) is 1.59. The molecule has 154 valence electrons. The first-order valence-electron chi connectivity index (χ1n) is 9.55. The molecule has 0 heterocycles. The number of hydrogen-bond donors (Lipinski definition) is 2. The topological polar surface area (TPSA) is 86.5 Å². The number of hydrogen-bond acceptors (Lipinski definition) is 5. The molecule has 0 aliphatic heterocycles. The van der Waals surface area contributed by atoms with Crippen LogP contribution in [0.5, 0.6) is 5.75 Å². The second kappa shape index (κ2) is 10.7. The molecule has 0 saturated carbocycles. The molecule has 0 spiro atoms. The molecule has 30 heavy (non-hydrogen) atoms. The predicted molar refractivity (Wildman–Crippen MR) is 117 cm³/mol. The Kier molecular flexibility index (Phi) is 7.51. The number of urea groups is 1. The number of benzene rings is 3. The first-order valence-corrected chi connectivity index (χ1v) is 9.55. The molecule has 3 aromatic rings. The molecular weight excluding hydrogens is 380 g/mol. The van der Waals surface area contributed by atoms with E-state index in [4.69, 9.17) is 4.74 Å². The molecule has 0 aromatic heterocycles. The van der Waals surface area contributed by atoms with Crippen LogP contribution >= 0.6 is 0 Å². The lowest BCUT2D eigenvalue weighted by atomic mass is 10.2. The highest BCUT2D eigenvalue weighted by Crippen LogP contribution is 2.22. The fourth-order valence-electron chi connectivity index (χ4n) is 2.84. The summed E-state index contributed by atoms with van der Waals surface area (Å²) >= 11 is 0. The second-order valence-corrected chi connectivity index (χ2v) is 6.47. The third-order valence-electron chi connectivity index (χ3n) is 4.37. The van der Waals surface area contributed by atoms with Crippen molar-refractivity contribution in [1.82, 2.24) is 4.90 Å². The number of para-hydroxylation sites is 1. The minimum absolute atomic E-state index is 0.138. The summed E-state index contributed by atoms with van der Waals surface area (Å²) < 4.78 is 5.35. The molecule has 0 bridgehead atoms. The fraction of sp³-hybridized carbons (Fsp3) is 0.174. The van der Waals surface area contributed by atoms with Gasteiger partial charge in [-0.25, -0.2) is 4.79 Å². The molecule has 0 saturated heterocycles. The molecule has 3 aromatic carbocycles. The summed E-state index contributed by atoms with van der Waals surface area (Å²) in [4.78, 5) is 14.3. The van der Waals surface area contributed by atoms with E-state index in [1.807, 2.05) is 54.6 Å². The normalized spacial score (nSPS) is 10.7. The molecular formula is C23H24N4O3. The zero-order valence-electron chi connectivity index (χ0n) is 16.7. The summed E-state index contributed by atoms with van der Waals surface area (Å²) in [6.45, 7) is 0.383. The molecule has 7 heteroatoms. The van der Waals surface area contributed by atoms with Crippen LogP contribution in [0.3, 0.4) is 0 Å². The van der Waals surface area contributed by atoms with Crippen LogP contribution in [-0.4, -0.2) is 36.3 Å².